The Kier molecular flexibility index (Phi) is 5.06. The summed E-state index contributed by atoms with van der Waals surface area (Å²) in [5.41, 5.74) is -0.152. The van der Waals surface area contributed by atoms with E-state index in [0.717, 1.165) is 17.3 Å². The van der Waals surface area contributed by atoms with Crippen molar-refractivity contribution in [3.8, 4) is 0 Å². The quantitative estimate of drug-likeness (QED) is 0.748. The molecule has 4 amide bonds. The van der Waals surface area contributed by atoms with E-state index in [1.54, 1.807) is 25.2 Å². The zero-order chi connectivity index (χ0) is 18.2. The maximum Gasteiger partial charge on any atom is 0.325 e. The molecule has 0 bridgehead atoms. The fourth-order valence-electron chi connectivity index (χ4n) is 3.46. The van der Waals surface area contributed by atoms with Gasteiger partial charge in [-0.15, -0.1) is 0 Å². The number of nitrogens with one attached hydrogen (secondary N) is 1. The highest BCUT2D eigenvalue weighted by Gasteiger charge is 2.52. The summed E-state index contributed by atoms with van der Waals surface area (Å²) in [6.45, 7) is 0.0732. The van der Waals surface area contributed by atoms with Crippen LogP contribution in [0.25, 0.3) is 0 Å². The van der Waals surface area contributed by atoms with Crippen LogP contribution in [0.4, 0.5) is 10.5 Å². The minimum absolute atomic E-state index is 0.0537. The number of hydrogen-bond acceptors (Lipinski definition) is 3. The molecule has 1 aromatic carbocycles. The molecule has 8 heteroatoms. The Bertz CT molecular complexity index is 734. The van der Waals surface area contributed by atoms with Crippen molar-refractivity contribution in [3.05, 3.63) is 27.7 Å². The van der Waals surface area contributed by atoms with Crippen LogP contribution in [0, 0.1) is 0 Å². The number of carbonyl (C=O) groups excluding carboxylic acids is 3. The molecule has 134 valence electrons. The van der Waals surface area contributed by atoms with Gasteiger partial charge in [0.2, 0.25) is 5.91 Å². The van der Waals surface area contributed by atoms with Crippen LogP contribution in [0.2, 0.25) is 5.02 Å². The molecule has 0 aromatic heterocycles. The second-order valence-electron chi connectivity index (χ2n) is 6.47. The molecule has 1 N–H and O–H groups in total. The molecule has 2 fully saturated rings. The van der Waals surface area contributed by atoms with Crippen LogP contribution >= 0.6 is 27.5 Å². The Morgan fingerprint density at radius 1 is 1.36 bits per heavy atom. The summed E-state index contributed by atoms with van der Waals surface area (Å²) in [4.78, 5) is 39.8. The highest BCUT2D eigenvalue weighted by molar-refractivity contribution is 9.10. The summed E-state index contributed by atoms with van der Waals surface area (Å²) in [6, 6.07) is 4.85. The molecule has 1 heterocycles. The Labute approximate surface area is 159 Å². The lowest BCUT2D eigenvalue weighted by Gasteiger charge is -2.21. The van der Waals surface area contributed by atoms with E-state index in [1.165, 1.54) is 9.80 Å². The maximum atomic E-state index is 12.6. The average Bonchev–Trinajstić information content (AvgIpc) is 3.11. The molecule has 6 nitrogen and oxygen atoms in total. The van der Waals surface area contributed by atoms with Crippen molar-refractivity contribution in [2.45, 2.75) is 37.6 Å². The molecule has 1 spiro atoms. The predicted octanol–water partition coefficient (Wildman–Crippen LogP) is 3.32. The van der Waals surface area contributed by atoms with E-state index in [4.69, 9.17) is 11.6 Å². The van der Waals surface area contributed by atoms with Crippen LogP contribution in [0.3, 0.4) is 0 Å². The van der Waals surface area contributed by atoms with Crippen molar-refractivity contribution < 1.29 is 14.4 Å². The molecular formula is C17H19BrClN3O3. The first-order valence-electron chi connectivity index (χ1n) is 8.20. The first-order chi connectivity index (χ1) is 11.8. The normalized spacial score (nSPS) is 18.8. The van der Waals surface area contributed by atoms with E-state index in [-0.39, 0.29) is 24.8 Å². The zero-order valence-corrected chi connectivity index (χ0v) is 16.2. The van der Waals surface area contributed by atoms with Crippen molar-refractivity contribution in [2.24, 2.45) is 0 Å². The number of amides is 4. The molecule has 1 saturated heterocycles. The molecule has 0 radical (unpaired) electrons. The molecule has 3 rings (SSSR count). The number of carbonyl (C=O) groups is 3. The highest BCUT2D eigenvalue weighted by Crippen LogP contribution is 2.35. The van der Waals surface area contributed by atoms with Crippen molar-refractivity contribution in [3.63, 3.8) is 0 Å². The smallest absolute Gasteiger partial charge is 0.323 e. The Balaban J connectivity index is 1.64. The van der Waals surface area contributed by atoms with Gasteiger partial charge in [0, 0.05) is 24.5 Å². The van der Waals surface area contributed by atoms with Crippen LogP contribution in [0.1, 0.15) is 32.1 Å². The zero-order valence-electron chi connectivity index (χ0n) is 13.8. The van der Waals surface area contributed by atoms with Gasteiger partial charge in [-0.1, -0.05) is 40.4 Å². The molecule has 1 aliphatic carbocycles. The topological polar surface area (TPSA) is 69.7 Å². The lowest BCUT2D eigenvalue weighted by atomic mass is 9.98. The molecule has 25 heavy (non-hydrogen) atoms. The first kappa shape index (κ1) is 18.2. The molecule has 1 aliphatic heterocycles. The number of nitrogens with zero attached hydrogens (tertiary/aromatic N) is 2. The van der Waals surface area contributed by atoms with E-state index >= 15 is 0 Å². The molecule has 1 aromatic rings. The molecular weight excluding hydrogens is 410 g/mol. The third kappa shape index (κ3) is 3.40. The largest absolute Gasteiger partial charge is 0.325 e. The third-order valence-corrected chi connectivity index (χ3v) is 5.69. The maximum absolute atomic E-state index is 12.6. The molecule has 2 aliphatic rings. The lowest BCUT2D eigenvalue weighted by Crippen LogP contribution is -2.44. The highest BCUT2D eigenvalue weighted by atomic mass is 79.9. The van der Waals surface area contributed by atoms with E-state index < -0.39 is 11.6 Å². The number of imide groups is 1. The summed E-state index contributed by atoms with van der Waals surface area (Å²) in [7, 11) is 1.63. The average molecular weight is 429 g/mol. The summed E-state index contributed by atoms with van der Waals surface area (Å²) < 4.78 is 0.822. The summed E-state index contributed by atoms with van der Waals surface area (Å²) >= 11 is 9.50. The van der Waals surface area contributed by atoms with Crippen molar-refractivity contribution >= 4 is 51.1 Å². The van der Waals surface area contributed by atoms with E-state index in [2.05, 4.69) is 21.2 Å². The molecule has 0 unspecified atom stereocenters. The van der Waals surface area contributed by atoms with Gasteiger partial charge in [0.15, 0.2) is 0 Å². The van der Waals surface area contributed by atoms with Crippen LogP contribution < -0.4 is 10.2 Å². The van der Waals surface area contributed by atoms with Gasteiger partial charge in [-0.3, -0.25) is 14.5 Å². The van der Waals surface area contributed by atoms with Gasteiger partial charge >= 0.3 is 6.03 Å². The fourth-order valence-corrected chi connectivity index (χ4v) is 4.26. The second-order valence-corrected chi connectivity index (χ2v) is 7.80. The minimum Gasteiger partial charge on any atom is -0.323 e. The van der Waals surface area contributed by atoms with Crippen molar-refractivity contribution in [1.82, 2.24) is 10.2 Å². The molecule has 0 atom stereocenters. The fraction of sp³-hybridized carbons (Fsp3) is 0.471. The number of rotatable bonds is 4. The number of halogens is 2. The Morgan fingerprint density at radius 3 is 2.68 bits per heavy atom. The van der Waals surface area contributed by atoms with Crippen LogP contribution in [-0.2, 0) is 9.59 Å². The van der Waals surface area contributed by atoms with E-state index in [0.29, 0.717) is 23.6 Å². The van der Waals surface area contributed by atoms with E-state index in [1.807, 2.05) is 0 Å². The Hall–Kier alpha value is -1.60. The van der Waals surface area contributed by atoms with Gasteiger partial charge in [0.1, 0.15) is 5.54 Å². The Morgan fingerprint density at radius 2 is 2.04 bits per heavy atom. The summed E-state index contributed by atoms with van der Waals surface area (Å²) in [5.74, 6) is -0.413. The first-order valence-corrected chi connectivity index (χ1v) is 9.37. The van der Waals surface area contributed by atoms with Crippen LogP contribution in [0.5, 0.6) is 0 Å². The number of hydrogen-bond donors (Lipinski definition) is 1. The number of anilines is 1. The third-order valence-electron chi connectivity index (χ3n) is 4.90. The van der Waals surface area contributed by atoms with Gasteiger partial charge in [0.25, 0.3) is 5.91 Å². The minimum atomic E-state index is -0.735. The van der Waals surface area contributed by atoms with Gasteiger partial charge in [0.05, 0.1) is 10.7 Å². The second kappa shape index (κ2) is 6.96. The lowest BCUT2D eigenvalue weighted by molar-refractivity contribution is -0.131. The number of benzene rings is 1. The van der Waals surface area contributed by atoms with Gasteiger partial charge in [-0.2, -0.15) is 0 Å². The predicted molar refractivity (Wildman–Crippen MR) is 98.6 cm³/mol. The van der Waals surface area contributed by atoms with Crippen molar-refractivity contribution in [1.29, 1.82) is 0 Å². The monoisotopic (exact) mass is 427 g/mol. The van der Waals surface area contributed by atoms with Crippen molar-refractivity contribution in [2.75, 3.05) is 18.5 Å². The summed E-state index contributed by atoms with van der Waals surface area (Å²) in [5, 5.41) is 3.26. The SMILES string of the molecule is CN(C(=O)CCN1C(=O)NC2(CCCC2)C1=O)c1ccc(Br)cc1Cl. The van der Waals surface area contributed by atoms with Crippen LogP contribution in [0.15, 0.2) is 22.7 Å². The van der Waals surface area contributed by atoms with Gasteiger partial charge in [-0.25, -0.2) is 4.79 Å². The van der Waals surface area contributed by atoms with E-state index in [9.17, 15) is 14.4 Å². The number of urea groups is 1. The standard InChI is InChI=1S/C17H19BrClN3O3/c1-21(13-5-4-11(18)10-12(13)19)14(23)6-9-22-15(24)17(20-16(22)25)7-2-3-8-17/h4-5,10H,2-3,6-9H2,1H3,(H,20,25). The van der Waals surface area contributed by atoms with Crippen LogP contribution in [-0.4, -0.2) is 41.9 Å². The van der Waals surface area contributed by atoms with Gasteiger partial charge in [-0.05, 0) is 31.0 Å². The van der Waals surface area contributed by atoms with Gasteiger partial charge < -0.3 is 10.2 Å². The summed E-state index contributed by atoms with van der Waals surface area (Å²) in [6.07, 6.45) is 3.28. The molecule has 1 saturated carbocycles.